The molecule has 0 saturated carbocycles. The molecule has 0 spiro atoms. The van der Waals surface area contributed by atoms with Crippen molar-refractivity contribution in [2.75, 3.05) is 5.32 Å². The van der Waals surface area contributed by atoms with Gasteiger partial charge < -0.3 is 10.1 Å². The monoisotopic (exact) mass is 324 g/mol. The molecular formula is C12H9F5N2OS. The van der Waals surface area contributed by atoms with Crippen LogP contribution >= 0.6 is 11.3 Å². The molecule has 1 N–H and O–H groups in total. The summed E-state index contributed by atoms with van der Waals surface area (Å²) in [5.74, 6) is -0.0346. The highest BCUT2D eigenvalue weighted by molar-refractivity contribution is 7.15. The average Bonchev–Trinajstić information content (AvgIpc) is 2.86. The minimum Gasteiger partial charge on any atom is -0.434 e. The third kappa shape index (κ3) is 4.28. The van der Waals surface area contributed by atoms with Gasteiger partial charge in [0, 0.05) is 12.1 Å². The molecule has 0 radical (unpaired) electrons. The molecule has 0 saturated heterocycles. The van der Waals surface area contributed by atoms with E-state index in [1.165, 1.54) is 18.2 Å². The lowest BCUT2D eigenvalue weighted by molar-refractivity contribution is -0.134. The van der Waals surface area contributed by atoms with Crippen molar-refractivity contribution in [1.29, 1.82) is 0 Å². The third-order valence-electron chi connectivity index (χ3n) is 2.40. The fourth-order valence-electron chi connectivity index (χ4n) is 1.52. The van der Waals surface area contributed by atoms with E-state index in [0.29, 0.717) is 23.1 Å². The Kier molecular flexibility index (Phi) is 4.61. The van der Waals surface area contributed by atoms with Gasteiger partial charge in [-0.05, 0) is 6.07 Å². The first kappa shape index (κ1) is 15.5. The Morgan fingerprint density at radius 1 is 1.24 bits per heavy atom. The zero-order chi connectivity index (χ0) is 15.5. The van der Waals surface area contributed by atoms with Crippen molar-refractivity contribution in [2.45, 2.75) is 19.3 Å². The van der Waals surface area contributed by atoms with Crippen LogP contribution in [0.5, 0.6) is 5.75 Å². The van der Waals surface area contributed by atoms with Crippen molar-refractivity contribution in [3.63, 3.8) is 0 Å². The van der Waals surface area contributed by atoms with Crippen molar-refractivity contribution in [1.82, 2.24) is 4.98 Å². The molecule has 0 unspecified atom stereocenters. The van der Waals surface area contributed by atoms with E-state index in [2.05, 4.69) is 15.0 Å². The van der Waals surface area contributed by atoms with Crippen molar-refractivity contribution in [3.8, 4) is 5.75 Å². The first-order chi connectivity index (χ1) is 9.86. The number of anilines is 1. The SMILES string of the molecule is FC(F)Oc1ccccc1CNc1ncc(C(F)(F)F)s1. The summed E-state index contributed by atoms with van der Waals surface area (Å²) in [6.45, 7) is -2.95. The van der Waals surface area contributed by atoms with Crippen molar-refractivity contribution in [3.05, 3.63) is 40.9 Å². The maximum Gasteiger partial charge on any atom is 0.427 e. The number of hydrogen-bond donors (Lipinski definition) is 1. The van der Waals surface area contributed by atoms with Gasteiger partial charge >= 0.3 is 12.8 Å². The number of nitrogens with one attached hydrogen (secondary N) is 1. The predicted octanol–water partition coefficient (Wildman–Crippen LogP) is 4.38. The third-order valence-corrected chi connectivity index (χ3v) is 3.40. The summed E-state index contributed by atoms with van der Waals surface area (Å²) in [6, 6.07) is 6.01. The Morgan fingerprint density at radius 2 is 1.95 bits per heavy atom. The number of rotatable bonds is 5. The first-order valence-corrected chi connectivity index (χ1v) is 6.47. The Labute approximate surface area is 120 Å². The van der Waals surface area contributed by atoms with Crippen molar-refractivity contribution >= 4 is 16.5 Å². The summed E-state index contributed by atoms with van der Waals surface area (Å²) in [7, 11) is 0. The molecule has 2 rings (SSSR count). The van der Waals surface area contributed by atoms with E-state index in [1.54, 1.807) is 6.07 Å². The molecule has 1 heterocycles. The Balaban J connectivity index is 2.05. The van der Waals surface area contributed by atoms with Crippen LogP contribution in [-0.2, 0) is 12.7 Å². The molecule has 9 heteroatoms. The minimum absolute atomic E-state index is 0.0215. The van der Waals surface area contributed by atoms with Gasteiger partial charge in [-0.15, -0.1) is 0 Å². The molecule has 0 amide bonds. The molecule has 0 aliphatic carbocycles. The molecule has 2 aromatic rings. The molecule has 0 fully saturated rings. The number of para-hydroxylation sites is 1. The van der Waals surface area contributed by atoms with Crippen LogP contribution in [0.3, 0.4) is 0 Å². The normalized spacial score (nSPS) is 11.7. The van der Waals surface area contributed by atoms with Crippen LogP contribution in [0.15, 0.2) is 30.5 Å². The number of halogens is 5. The van der Waals surface area contributed by atoms with Crippen LogP contribution in [-0.4, -0.2) is 11.6 Å². The molecule has 1 aromatic carbocycles. The lowest BCUT2D eigenvalue weighted by Gasteiger charge is -2.10. The largest absolute Gasteiger partial charge is 0.434 e. The second kappa shape index (κ2) is 6.25. The standard InChI is InChI=1S/C12H9F5N2OS/c13-10(14)20-8-4-2-1-3-7(8)5-18-11-19-6-9(21-11)12(15,16)17/h1-4,6,10H,5H2,(H,18,19). The van der Waals surface area contributed by atoms with Gasteiger partial charge in [0.15, 0.2) is 5.13 Å². The summed E-state index contributed by atoms with van der Waals surface area (Å²) in [4.78, 5) is 2.76. The summed E-state index contributed by atoms with van der Waals surface area (Å²) in [5, 5.41) is 2.70. The van der Waals surface area contributed by atoms with Gasteiger partial charge in [-0.25, -0.2) is 4.98 Å². The molecule has 0 bridgehead atoms. The van der Waals surface area contributed by atoms with Gasteiger partial charge in [0.1, 0.15) is 10.6 Å². The fourth-order valence-corrected chi connectivity index (χ4v) is 2.20. The van der Waals surface area contributed by atoms with E-state index in [0.717, 1.165) is 0 Å². The minimum atomic E-state index is -4.45. The highest BCUT2D eigenvalue weighted by Crippen LogP contribution is 2.35. The number of aromatic nitrogens is 1. The van der Waals surface area contributed by atoms with E-state index in [-0.39, 0.29) is 17.4 Å². The predicted molar refractivity (Wildman–Crippen MR) is 67.5 cm³/mol. The van der Waals surface area contributed by atoms with E-state index in [1.807, 2.05) is 0 Å². The number of alkyl halides is 5. The van der Waals surface area contributed by atoms with Gasteiger partial charge in [0.2, 0.25) is 0 Å². The Morgan fingerprint density at radius 3 is 2.57 bits per heavy atom. The van der Waals surface area contributed by atoms with Gasteiger partial charge in [-0.3, -0.25) is 0 Å². The number of nitrogens with zero attached hydrogens (tertiary/aromatic N) is 1. The van der Waals surface area contributed by atoms with E-state index in [4.69, 9.17) is 0 Å². The highest BCUT2D eigenvalue weighted by Gasteiger charge is 2.33. The van der Waals surface area contributed by atoms with Crippen molar-refractivity contribution < 1.29 is 26.7 Å². The van der Waals surface area contributed by atoms with Crippen LogP contribution in [0.25, 0.3) is 0 Å². The van der Waals surface area contributed by atoms with Gasteiger partial charge in [0.05, 0.1) is 6.20 Å². The smallest absolute Gasteiger partial charge is 0.427 e. The van der Waals surface area contributed by atoms with E-state index < -0.39 is 17.7 Å². The zero-order valence-corrected chi connectivity index (χ0v) is 11.1. The molecule has 21 heavy (non-hydrogen) atoms. The summed E-state index contributed by atoms with van der Waals surface area (Å²) < 4.78 is 66.0. The molecule has 0 aliphatic heterocycles. The molecule has 0 aliphatic rings. The second-order valence-electron chi connectivity index (χ2n) is 3.87. The Hall–Kier alpha value is -1.90. The van der Waals surface area contributed by atoms with Crippen molar-refractivity contribution in [2.24, 2.45) is 0 Å². The maximum absolute atomic E-state index is 12.4. The first-order valence-electron chi connectivity index (χ1n) is 5.66. The van der Waals surface area contributed by atoms with E-state index in [9.17, 15) is 22.0 Å². The maximum atomic E-state index is 12.4. The molecule has 114 valence electrons. The second-order valence-corrected chi connectivity index (χ2v) is 4.90. The highest BCUT2D eigenvalue weighted by atomic mass is 32.1. The lowest BCUT2D eigenvalue weighted by Crippen LogP contribution is -2.07. The average molecular weight is 324 g/mol. The number of benzene rings is 1. The van der Waals surface area contributed by atoms with Crippen LogP contribution in [0.1, 0.15) is 10.4 Å². The number of thiazole rings is 1. The van der Waals surface area contributed by atoms with Crippen LogP contribution in [0.4, 0.5) is 27.1 Å². The number of ether oxygens (including phenoxy) is 1. The van der Waals surface area contributed by atoms with Gasteiger partial charge in [0.25, 0.3) is 0 Å². The zero-order valence-electron chi connectivity index (χ0n) is 10.3. The summed E-state index contributed by atoms with van der Waals surface area (Å²) >= 11 is 0.443. The molecule has 1 aromatic heterocycles. The fraction of sp³-hybridized carbons (Fsp3) is 0.250. The Bertz CT molecular complexity index is 599. The van der Waals surface area contributed by atoms with Crippen LogP contribution < -0.4 is 10.1 Å². The van der Waals surface area contributed by atoms with Gasteiger partial charge in [-0.1, -0.05) is 29.5 Å². The lowest BCUT2D eigenvalue weighted by atomic mass is 10.2. The topological polar surface area (TPSA) is 34.1 Å². The number of hydrogen-bond acceptors (Lipinski definition) is 4. The quantitative estimate of drug-likeness (QED) is 0.829. The molecular weight excluding hydrogens is 315 g/mol. The molecule has 0 atom stereocenters. The molecule has 3 nitrogen and oxygen atoms in total. The summed E-state index contributed by atoms with van der Waals surface area (Å²) in [5.41, 5.74) is 0.390. The van der Waals surface area contributed by atoms with Gasteiger partial charge in [-0.2, -0.15) is 22.0 Å². The summed E-state index contributed by atoms with van der Waals surface area (Å²) in [6.07, 6.45) is -3.73. The van der Waals surface area contributed by atoms with Crippen LogP contribution in [0, 0.1) is 0 Å². The van der Waals surface area contributed by atoms with Crippen LogP contribution in [0.2, 0.25) is 0 Å². The van der Waals surface area contributed by atoms with E-state index >= 15 is 0 Å².